The number of benzene rings is 2. The first kappa shape index (κ1) is 19.2. The summed E-state index contributed by atoms with van der Waals surface area (Å²) in [7, 11) is 0. The monoisotopic (exact) mass is 404 g/mol. The molecule has 0 radical (unpaired) electrons. The van der Waals surface area contributed by atoms with E-state index in [1.807, 2.05) is 36.4 Å². The van der Waals surface area contributed by atoms with E-state index < -0.39 is 23.3 Å². The average molecular weight is 405 g/mol. The summed E-state index contributed by atoms with van der Waals surface area (Å²) in [6.45, 7) is 3.34. The van der Waals surface area contributed by atoms with Gasteiger partial charge in [-0.05, 0) is 42.5 Å². The molecule has 0 heterocycles. The Bertz CT molecular complexity index is 752. The van der Waals surface area contributed by atoms with E-state index in [4.69, 9.17) is 5.11 Å². The van der Waals surface area contributed by atoms with Gasteiger partial charge in [-0.25, -0.2) is 0 Å². The van der Waals surface area contributed by atoms with Gasteiger partial charge < -0.3 is 10.2 Å². The Morgan fingerprint density at radius 2 is 1.52 bits per heavy atom. The third kappa shape index (κ3) is 4.28. The van der Waals surface area contributed by atoms with Gasteiger partial charge in [-0.15, -0.1) is 0 Å². The van der Waals surface area contributed by atoms with E-state index in [1.165, 1.54) is 0 Å². The van der Waals surface area contributed by atoms with Crippen molar-refractivity contribution >= 4 is 27.9 Å². The molecule has 0 saturated heterocycles. The number of carbonyl (C=O) groups is 2. The van der Waals surface area contributed by atoms with Gasteiger partial charge in [0.25, 0.3) is 0 Å². The van der Waals surface area contributed by atoms with Crippen LogP contribution in [0.15, 0.2) is 48.5 Å². The van der Waals surface area contributed by atoms with E-state index in [-0.39, 0.29) is 0 Å². The number of alkyl halides is 1. The van der Waals surface area contributed by atoms with Crippen LogP contribution in [0.2, 0.25) is 0 Å². The predicted octanol–water partition coefficient (Wildman–Crippen LogP) is 4.35. The van der Waals surface area contributed by atoms with Crippen LogP contribution in [0, 0.1) is 0 Å². The first-order chi connectivity index (χ1) is 11.8. The number of halogens is 1. The van der Waals surface area contributed by atoms with Gasteiger partial charge in [0, 0.05) is 5.33 Å². The van der Waals surface area contributed by atoms with Crippen molar-refractivity contribution in [3.63, 3.8) is 0 Å². The second kappa shape index (κ2) is 7.83. The van der Waals surface area contributed by atoms with Crippen molar-refractivity contribution in [3.05, 3.63) is 70.8 Å². The Labute approximate surface area is 155 Å². The van der Waals surface area contributed by atoms with Crippen LogP contribution in [-0.2, 0) is 26.8 Å². The fourth-order valence-corrected chi connectivity index (χ4v) is 3.11. The van der Waals surface area contributed by atoms with Crippen LogP contribution < -0.4 is 0 Å². The van der Waals surface area contributed by atoms with Crippen LogP contribution in [-0.4, -0.2) is 22.2 Å². The van der Waals surface area contributed by atoms with E-state index in [9.17, 15) is 14.7 Å². The predicted molar refractivity (Wildman–Crippen MR) is 100 cm³/mol. The Hall–Kier alpha value is -2.14. The summed E-state index contributed by atoms with van der Waals surface area (Å²) >= 11 is 3.39. The van der Waals surface area contributed by atoms with Crippen molar-refractivity contribution in [2.75, 3.05) is 0 Å². The molecule has 2 rings (SSSR count). The zero-order valence-electron chi connectivity index (χ0n) is 14.2. The summed E-state index contributed by atoms with van der Waals surface area (Å²) in [4.78, 5) is 23.0. The van der Waals surface area contributed by atoms with Gasteiger partial charge in [0.2, 0.25) is 0 Å². The van der Waals surface area contributed by atoms with Gasteiger partial charge in [0.05, 0.1) is 11.3 Å². The highest BCUT2D eigenvalue weighted by molar-refractivity contribution is 9.08. The molecule has 2 unspecified atom stereocenters. The fraction of sp³-hybridized carbons (Fsp3) is 0.300. The normalized spacial score (nSPS) is 14.5. The molecule has 4 nitrogen and oxygen atoms in total. The van der Waals surface area contributed by atoms with Gasteiger partial charge in [-0.2, -0.15) is 0 Å². The van der Waals surface area contributed by atoms with Crippen LogP contribution >= 0.6 is 15.9 Å². The summed E-state index contributed by atoms with van der Waals surface area (Å²) in [5.74, 6) is -2.35. The molecule has 0 saturated carbocycles. The largest absolute Gasteiger partial charge is 0.481 e. The van der Waals surface area contributed by atoms with Crippen LogP contribution in [0.4, 0.5) is 0 Å². The third-order valence-corrected chi connectivity index (χ3v) is 5.27. The van der Waals surface area contributed by atoms with Gasteiger partial charge in [0.15, 0.2) is 0 Å². The number of carboxylic acid groups (broad SMARTS) is 2. The number of carboxylic acids is 2. The summed E-state index contributed by atoms with van der Waals surface area (Å²) in [6, 6.07) is 14.7. The summed E-state index contributed by atoms with van der Waals surface area (Å²) in [6.07, 6.45) is 0.331. The van der Waals surface area contributed by atoms with Crippen LogP contribution in [0.25, 0.3) is 0 Å². The number of hydrogen-bond donors (Lipinski definition) is 2. The maximum absolute atomic E-state index is 12.0. The first-order valence-corrected chi connectivity index (χ1v) is 9.10. The SMILES string of the molecule is CC(C(=O)O)c1ccc(CC(C)(C(=O)O)c2ccc(CBr)cc2)cc1. The van der Waals surface area contributed by atoms with E-state index in [2.05, 4.69) is 15.9 Å². The van der Waals surface area contributed by atoms with Gasteiger partial charge >= 0.3 is 11.9 Å². The smallest absolute Gasteiger partial charge is 0.314 e. The lowest BCUT2D eigenvalue weighted by Gasteiger charge is -2.26. The van der Waals surface area contributed by atoms with Crippen molar-refractivity contribution in [3.8, 4) is 0 Å². The maximum Gasteiger partial charge on any atom is 0.314 e. The number of rotatable bonds is 7. The topological polar surface area (TPSA) is 74.6 Å². The van der Waals surface area contributed by atoms with E-state index in [0.29, 0.717) is 12.0 Å². The number of aliphatic carboxylic acids is 2. The molecular weight excluding hydrogens is 384 g/mol. The Morgan fingerprint density at radius 1 is 1.00 bits per heavy atom. The lowest BCUT2D eigenvalue weighted by Crippen LogP contribution is -2.34. The summed E-state index contributed by atoms with van der Waals surface area (Å²) < 4.78 is 0. The second-order valence-electron chi connectivity index (χ2n) is 6.45. The summed E-state index contributed by atoms with van der Waals surface area (Å²) in [5, 5.41) is 19.6. The van der Waals surface area contributed by atoms with Crippen molar-refractivity contribution in [2.45, 2.75) is 36.9 Å². The fourth-order valence-electron chi connectivity index (χ4n) is 2.74. The quantitative estimate of drug-likeness (QED) is 0.672. The van der Waals surface area contributed by atoms with E-state index in [0.717, 1.165) is 22.0 Å². The van der Waals surface area contributed by atoms with Gasteiger partial charge in [-0.3, -0.25) is 9.59 Å². The molecule has 25 heavy (non-hydrogen) atoms. The standard InChI is InChI=1S/C20H21BrO4/c1-13(18(22)23)16-7-3-14(4-8-16)11-20(2,19(24)25)17-9-5-15(12-21)6-10-17/h3-10,13H,11-12H2,1-2H3,(H,22,23)(H,24,25). The average Bonchev–Trinajstić information content (AvgIpc) is 2.61. The molecule has 0 spiro atoms. The van der Waals surface area contributed by atoms with Crippen molar-refractivity contribution in [1.29, 1.82) is 0 Å². The zero-order chi connectivity index (χ0) is 18.6. The molecule has 5 heteroatoms. The van der Waals surface area contributed by atoms with Crippen molar-refractivity contribution in [2.24, 2.45) is 0 Å². The second-order valence-corrected chi connectivity index (χ2v) is 7.01. The number of hydrogen-bond acceptors (Lipinski definition) is 2. The molecule has 0 fully saturated rings. The molecule has 0 aliphatic heterocycles. The van der Waals surface area contributed by atoms with Crippen molar-refractivity contribution in [1.82, 2.24) is 0 Å². The Morgan fingerprint density at radius 3 is 1.96 bits per heavy atom. The minimum Gasteiger partial charge on any atom is -0.481 e. The molecule has 0 amide bonds. The highest BCUT2D eigenvalue weighted by Crippen LogP contribution is 2.30. The molecular formula is C20H21BrO4. The molecule has 0 aromatic heterocycles. The lowest BCUT2D eigenvalue weighted by atomic mass is 9.77. The molecule has 0 bridgehead atoms. The highest BCUT2D eigenvalue weighted by Gasteiger charge is 2.35. The Balaban J connectivity index is 2.29. The van der Waals surface area contributed by atoms with Crippen molar-refractivity contribution < 1.29 is 19.8 Å². The Kier molecular flexibility index (Phi) is 6.01. The minimum absolute atomic E-state index is 0.331. The van der Waals surface area contributed by atoms with Crippen LogP contribution in [0.3, 0.4) is 0 Å². The summed E-state index contributed by atoms with van der Waals surface area (Å²) in [5.41, 5.74) is 2.34. The van der Waals surface area contributed by atoms with E-state index >= 15 is 0 Å². The lowest BCUT2D eigenvalue weighted by molar-refractivity contribution is -0.143. The highest BCUT2D eigenvalue weighted by atomic mass is 79.9. The van der Waals surface area contributed by atoms with Gasteiger partial charge in [-0.1, -0.05) is 64.5 Å². The van der Waals surface area contributed by atoms with Crippen LogP contribution in [0.5, 0.6) is 0 Å². The van der Waals surface area contributed by atoms with Crippen LogP contribution in [0.1, 0.15) is 42.0 Å². The molecule has 2 aromatic carbocycles. The van der Waals surface area contributed by atoms with Gasteiger partial charge in [0.1, 0.15) is 0 Å². The molecule has 0 aliphatic rings. The minimum atomic E-state index is -1.05. The maximum atomic E-state index is 12.0. The molecule has 2 atom stereocenters. The van der Waals surface area contributed by atoms with E-state index in [1.54, 1.807) is 26.0 Å². The third-order valence-electron chi connectivity index (χ3n) is 4.63. The molecule has 0 aliphatic carbocycles. The first-order valence-electron chi connectivity index (χ1n) is 7.98. The molecule has 132 valence electrons. The molecule has 2 aromatic rings. The zero-order valence-corrected chi connectivity index (χ0v) is 15.8. The molecule has 2 N–H and O–H groups in total.